The fourth-order valence-corrected chi connectivity index (χ4v) is 2.42. The highest BCUT2D eigenvalue weighted by Crippen LogP contribution is 2.30. The molecular weight excluding hydrogens is 280 g/mol. The summed E-state index contributed by atoms with van der Waals surface area (Å²) in [7, 11) is 0. The lowest BCUT2D eigenvalue weighted by Gasteiger charge is -2.34. The smallest absolute Gasteiger partial charge is 0.302 e. The quantitative estimate of drug-likeness (QED) is 0.667. The Balaban J connectivity index is 2.84. The minimum absolute atomic E-state index is 0.0307. The molecule has 0 bridgehead atoms. The SMILES string of the molecule is CC(=O)OC(C(C)COc1cccc(N)c1C#N)C(C)(C)C. The van der Waals surface area contributed by atoms with Gasteiger partial charge in [0.15, 0.2) is 0 Å². The normalized spacial score (nSPS) is 13.8. The van der Waals surface area contributed by atoms with Crippen molar-refractivity contribution in [2.24, 2.45) is 11.3 Å². The molecule has 1 aromatic rings. The molecule has 5 heteroatoms. The van der Waals surface area contributed by atoms with Crippen molar-refractivity contribution in [1.82, 2.24) is 0 Å². The summed E-state index contributed by atoms with van der Waals surface area (Å²) < 4.78 is 11.2. The van der Waals surface area contributed by atoms with Gasteiger partial charge in [-0.25, -0.2) is 0 Å². The number of hydrogen-bond donors (Lipinski definition) is 1. The minimum atomic E-state index is -0.312. The Morgan fingerprint density at radius 2 is 2.05 bits per heavy atom. The highest BCUT2D eigenvalue weighted by atomic mass is 16.5. The topological polar surface area (TPSA) is 85.3 Å². The summed E-state index contributed by atoms with van der Waals surface area (Å²) >= 11 is 0. The molecule has 0 amide bonds. The van der Waals surface area contributed by atoms with Gasteiger partial charge in [-0.1, -0.05) is 33.8 Å². The first kappa shape index (κ1) is 17.8. The molecule has 2 atom stereocenters. The zero-order valence-electron chi connectivity index (χ0n) is 13.8. The average molecular weight is 304 g/mol. The first-order chi connectivity index (χ1) is 10.2. The van der Waals surface area contributed by atoms with Crippen molar-refractivity contribution in [2.45, 2.75) is 40.7 Å². The van der Waals surface area contributed by atoms with Gasteiger partial charge in [-0.15, -0.1) is 0 Å². The van der Waals surface area contributed by atoms with E-state index in [-0.39, 0.29) is 23.4 Å². The summed E-state index contributed by atoms with van der Waals surface area (Å²) in [5, 5.41) is 9.14. The Kier molecular flexibility index (Phi) is 5.81. The second kappa shape index (κ2) is 7.17. The van der Waals surface area contributed by atoms with Crippen LogP contribution in [0.25, 0.3) is 0 Å². The second-order valence-corrected chi connectivity index (χ2v) is 6.52. The predicted molar refractivity (Wildman–Crippen MR) is 85.2 cm³/mol. The van der Waals surface area contributed by atoms with E-state index in [4.69, 9.17) is 20.5 Å². The lowest BCUT2D eigenvalue weighted by Crippen LogP contribution is -2.39. The van der Waals surface area contributed by atoms with Gasteiger partial charge in [-0.05, 0) is 17.5 Å². The van der Waals surface area contributed by atoms with Crippen molar-refractivity contribution < 1.29 is 14.3 Å². The standard InChI is InChI=1S/C17H24N2O3/c1-11(16(17(3,4)5)22-12(2)20)10-21-15-8-6-7-14(19)13(15)9-18/h6-8,11,16H,10,19H2,1-5H3. The number of nitrogens with two attached hydrogens (primary N) is 1. The molecule has 0 aliphatic carbocycles. The van der Waals surface area contributed by atoms with Crippen LogP contribution in [0.4, 0.5) is 5.69 Å². The highest BCUT2D eigenvalue weighted by molar-refractivity contribution is 5.66. The molecule has 0 saturated carbocycles. The third-order valence-electron chi connectivity index (χ3n) is 3.34. The van der Waals surface area contributed by atoms with Crippen molar-refractivity contribution in [3.05, 3.63) is 23.8 Å². The molecule has 0 radical (unpaired) electrons. The van der Waals surface area contributed by atoms with Crippen molar-refractivity contribution in [3.63, 3.8) is 0 Å². The van der Waals surface area contributed by atoms with E-state index in [2.05, 4.69) is 0 Å². The van der Waals surface area contributed by atoms with E-state index in [1.54, 1.807) is 18.2 Å². The number of carbonyl (C=O) groups excluding carboxylic acids is 1. The van der Waals surface area contributed by atoms with Gasteiger partial charge in [0, 0.05) is 12.8 Å². The molecule has 5 nitrogen and oxygen atoms in total. The van der Waals surface area contributed by atoms with Crippen LogP contribution in [0.15, 0.2) is 18.2 Å². The van der Waals surface area contributed by atoms with E-state index < -0.39 is 0 Å². The van der Waals surface area contributed by atoms with E-state index in [1.165, 1.54) is 6.92 Å². The number of rotatable bonds is 5. The van der Waals surface area contributed by atoms with Crippen molar-refractivity contribution >= 4 is 11.7 Å². The Hall–Kier alpha value is -2.22. The molecule has 0 saturated heterocycles. The van der Waals surface area contributed by atoms with Crippen LogP contribution in [0, 0.1) is 22.7 Å². The lowest BCUT2D eigenvalue weighted by molar-refractivity contribution is -0.156. The maximum Gasteiger partial charge on any atom is 0.302 e. The molecule has 1 rings (SSSR count). The van der Waals surface area contributed by atoms with Crippen molar-refractivity contribution in [2.75, 3.05) is 12.3 Å². The van der Waals surface area contributed by atoms with E-state index >= 15 is 0 Å². The molecule has 0 spiro atoms. The summed E-state index contributed by atoms with van der Waals surface area (Å²) in [6, 6.07) is 7.15. The number of benzene rings is 1. The number of esters is 1. The summed E-state index contributed by atoms with van der Waals surface area (Å²) in [6.45, 7) is 9.72. The monoisotopic (exact) mass is 304 g/mol. The van der Waals surface area contributed by atoms with Crippen LogP contribution in [0.3, 0.4) is 0 Å². The number of nitriles is 1. The van der Waals surface area contributed by atoms with Crippen molar-refractivity contribution in [3.8, 4) is 11.8 Å². The first-order valence-corrected chi connectivity index (χ1v) is 7.25. The van der Waals surface area contributed by atoms with Crippen LogP contribution in [0.5, 0.6) is 5.75 Å². The molecule has 0 fully saturated rings. The van der Waals surface area contributed by atoms with Crippen LogP contribution in [0.2, 0.25) is 0 Å². The molecule has 0 aromatic heterocycles. The molecule has 0 aliphatic heterocycles. The van der Waals surface area contributed by atoms with E-state index in [9.17, 15) is 4.79 Å². The van der Waals surface area contributed by atoms with Gasteiger partial charge in [0.05, 0.1) is 12.3 Å². The number of nitrogens with zero attached hydrogens (tertiary/aromatic N) is 1. The summed E-state index contributed by atoms with van der Waals surface area (Å²) in [4.78, 5) is 11.3. The van der Waals surface area contributed by atoms with Gasteiger partial charge in [0.25, 0.3) is 0 Å². The number of nitrogen functional groups attached to an aromatic ring is 1. The number of anilines is 1. The Bertz CT molecular complexity index is 570. The molecule has 0 heterocycles. The Labute approximate surface area is 132 Å². The fourth-order valence-electron chi connectivity index (χ4n) is 2.42. The molecule has 0 aliphatic rings. The third-order valence-corrected chi connectivity index (χ3v) is 3.34. The number of ether oxygens (including phenoxy) is 2. The van der Waals surface area contributed by atoms with E-state index in [0.717, 1.165) is 0 Å². The Morgan fingerprint density at radius 3 is 2.55 bits per heavy atom. The lowest BCUT2D eigenvalue weighted by atomic mass is 9.82. The van der Waals surface area contributed by atoms with Gasteiger partial charge in [0.2, 0.25) is 0 Å². The van der Waals surface area contributed by atoms with Crippen LogP contribution < -0.4 is 10.5 Å². The maximum atomic E-state index is 11.3. The average Bonchev–Trinajstić information content (AvgIpc) is 2.40. The van der Waals surface area contributed by atoms with Crippen LogP contribution in [0.1, 0.15) is 40.2 Å². The zero-order chi connectivity index (χ0) is 16.9. The second-order valence-electron chi connectivity index (χ2n) is 6.52. The number of hydrogen-bond acceptors (Lipinski definition) is 5. The van der Waals surface area contributed by atoms with E-state index in [0.29, 0.717) is 23.6 Å². The number of carbonyl (C=O) groups is 1. The summed E-state index contributed by atoms with van der Waals surface area (Å²) in [5.41, 5.74) is 6.27. The Morgan fingerprint density at radius 1 is 1.41 bits per heavy atom. The minimum Gasteiger partial charge on any atom is -0.492 e. The predicted octanol–water partition coefficient (Wildman–Crippen LogP) is 3.13. The molecule has 120 valence electrons. The van der Waals surface area contributed by atoms with E-state index in [1.807, 2.05) is 33.8 Å². The first-order valence-electron chi connectivity index (χ1n) is 7.25. The zero-order valence-corrected chi connectivity index (χ0v) is 13.8. The maximum absolute atomic E-state index is 11.3. The van der Waals surface area contributed by atoms with Gasteiger partial charge >= 0.3 is 5.97 Å². The van der Waals surface area contributed by atoms with Gasteiger partial charge in [-0.3, -0.25) is 4.79 Å². The highest BCUT2D eigenvalue weighted by Gasteiger charge is 2.33. The summed E-state index contributed by atoms with van der Waals surface area (Å²) in [6.07, 6.45) is -0.281. The van der Waals surface area contributed by atoms with Gasteiger partial charge < -0.3 is 15.2 Å². The molecule has 2 N–H and O–H groups in total. The third kappa shape index (κ3) is 4.66. The van der Waals surface area contributed by atoms with Gasteiger partial charge in [-0.2, -0.15) is 5.26 Å². The molecule has 22 heavy (non-hydrogen) atoms. The molecular formula is C17H24N2O3. The molecule has 2 unspecified atom stereocenters. The van der Waals surface area contributed by atoms with Crippen LogP contribution in [-0.4, -0.2) is 18.7 Å². The molecule has 1 aromatic carbocycles. The van der Waals surface area contributed by atoms with Gasteiger partial charge in [0.1, 0.15) is 23.5 Å². The fraction of sp³-hybridized carbons (Fsp3) is 0.529. The van der Waals surface area contributed by atoms with Crippen LogP contribution >= 0.6 is 0 Å². The van der Waals surface area contributed by atoms with Crippen LogP contribution in [-0.2, 0) is 9.53 Å². The summed E-state index contributed by atoms with van der Waals surface area (Å²) in [5.74, 6) is 0.107. The van der Waals surface area contributed by atoms with Crippen molar-refractivity contribution in [1.29, 1.82) is 5.26 Å². The largest absolute Gasteiger partial charge is 0.492 e.